The van der Waals surface area contributed by atoms with E-state index in [2.05, 4.69) is 4.98 Å². The molecular formula is C15H21N3O4S2. The van der Waals surface area contributed by atoms with Crippen molar-refractivity contribution in [3.05, 3.63) is 24.5 Å². The van der Waals surface area contributed by atoms with E-state index in [1.807, 2.05) is 0 Å². The molecule has 0 saturated carbocycles. The summed E-state index contributed by atoms with van der Waals surface area (Å²) in [7, 11) is -0.0680. The SMILES string of the molecule is CN(C)C(=O)CO[C@H]1CSC2(C1)CN(S(=O)(=O)c1cccnc1)C2. The molecular weight excluding hydrogens is 350 g/mol. The fourth-order valence-corrected chi connectivity index (χ4v) is 6.16. The van der Waals surface area contributed by atoms with E-state index in [1.54, 1.807) is 44.2 Å². The van der Waals surface area contributed by atoms with Gasteiger partial charge >= 0.3 is 0 Å². The highest BCUT2D eigenvalue weighted by molar-refractivity contribution is 8.01. The van der Waals surface area contributed by atoms with E-state index in [4.69, 9.17) is 4.74 Å². The summed E-state index contributed by atoms with van der Waals surface area (Å²) in [5, 5.41) is 0. The Morgan fingerprint density at radius 3 is 2.88 bits per heavy atom. The minimum Gasteiger partial charge on any atom is -0.367 e. The fourth-order valence-electron chi connectivity index (χ4n) is 2.86. The molecule has 0 N–H and O–H groups in total. The molecule has 0 bridgehead atoms. The van der Waals surface area contributed by atoms with Gasteiger partial charge in [0.1, 0.15) is 11.5 Å². The van der Waals surface area contributed by atoms with E-state index in [0.717, 1.165) is 12.2 Å². The molecule has 132 valence electrons. The van der Waals surface area contributed by atoms with Crippen molar-refractivity contribution in [3.8, 4) is 0 Å². The summed E-state index contributed by atoms with van der Waals surface area (Å²) < 4.78 is 32.1. The van der Waals surface area contributed by atoms with Crippen LogP contribution in [-0.2, 0) is 19.6 Å². The molecule has 0 unspecified atom stereocenters. The van der Waals surface area contributed by atoms with Gasteiger partial charge in [-0.15, -0.1) is 11.8 Å². The van der Waals surface area contributed by atoms with Crippen molar-refractivity contribution in [3.63, 3.8) is 0 Å². The first-order valence-electron chi connectivity index (χ1n) is 7.68. The van der Waals surface area contributed by atoms with Gasteiger partial charge in [-0.2, -0.15) is 4.31 Å². The summed E-state index contributed by atoms with van der Waals surface area (Å²) in [4.78, 5) is 17.2. The summed E-state index contributed by atoms with van der Waals surface area (Å²) in [5.74, 6) is 0.733. The quantitative estimate of drug-likeness (QED) is 0.747. The van der Waals surface area contributed by atoms with Crippen LogP contribution in [0.2, 0.25) is 0 Å². The zero-order chi connectivity index (χ0) is 17.4. The second-order valence-corrected chi connectivity index (χ2v) is 9.81. The van der Waals surface area contributed by atoms with Crippen LogP contribution < -0.4 is 0 Å². The highest BCUT2D eigenvalue weighted by atomic mass is 32.2. The third kappa shape index (κ3) is 3.44. The zero-order valence-electron chi connectivity index (χ0n) is 13.7. The van der Waals surface area contributed by atoms with Crippen molar-refractivity contribution in [2.24, 2.45) is 0 Å². The number of carbonyl (C=O) groups is 1. The molecule has 3 heterocycles. The van der Waals surface area contributed by atoms with Crippen LogP contribution in [0.4, 0.5) is 0 Å². The van der Waals surface area contributed by atoms with Gasteiger partial charge in [-0.05, 0) is 18.6 Å². The number of rotatable bonds is 5. The highest BCUT2D eigenvalue weighted by Crippen LogP contribution is 2.47. The Balaban J connectivity index is 1.54. The Hall–Kier alpha value is -1.16. The lowest BCUT2D eigenvalue weighted by Gasteiger charge is -2.46. The van der Waals surface area contributed by atoms with E-state index in [9.17, 15) is 13.2 Å². The molecule has 3 rings (SSSR count). The number of carbonyl (C=O) groups excluding carboxylic acids is 1. The number of likely N-dealkylation sites (N-methyl/N-ethyl adjacent to an activating group) is 1. The largest absolute Gasteiger partial charge is 0.367 e. The molecule has 1 aromatic heterocycles. The first-order chi connectivity index (χ1) is 11.3. The standard InChI is InChI=1S/C15H21N3O4S2/c1-17(2)14(19)8-22-12-6-15(23-9-12)10-18(11-15)24(20,21)13-4-3-5-16-7-13/h3-5,7,12H,6,8-11H2,1-2H3/t12-/m1/s1. The van der Waals surface area contributed by atoms with Crippen LogP contribution in [0, 0.1) is 0 Å². The van der Waals surface area contributed by atoms with Crippen LogP contribution >= 0.6 is 11.8 Å². The molecule has 2 aliphatic heterocycles. The molecule has 9 heteroatoms. The van der Waals surface area contributed by atoms with Gasteiger partial charge in [0.15, 0.2) is 0 Å². The molecule has 1 spiro atoms. The lowest BCUT2D eigenvalue weighted by Crippen LogP contribution is -2.60. The maximum Gasteiger partial charge on any atom is 0.248 e. The van der Waals surface area contributed by atoms with Gasteiger partial charge in [0.05, 0.1) is 6.10 Å². The number of sulfonamides is 1. The molecule has 24 heavy (non-hydrogen) atoms. The van der Waals surface area contributed by atoms with Crippen molar-refractivity contribution in [1.82, 2.24) is 14.2 Å². The van der Waals surface area contributed by atoms with Crippen LogP contribution in [0.5, 0.6) is 0 Å². The van der Waals surface area contributed by atoms with E-state index >= 15 is 0 Å². The van der Waals surface area contributed by atoms with Crippen molar-refractivity contribution in [1.29, 1.82) is 0 Å². The van der Waals surface area contributed by atoms with Gasteiger partial charge in [-0.25, -0.2) is 8.42 Å². The van der Waals surface area contributed by atoms with Gasteiger partial charge in [-0.1, -0.05) is 0 Å². The number of ether oxygens (including phenoxy) is 1. The van der Waals surface area contributed by atoms with Gasteiger partial charge in [-0.3, -0.25) is 9.78 Å². The normalized spacial score (nSPS) is 23.2. The van der Waals surface area contributed by atoms with Crippen LogP contribution in [0.15, 0.2) is 29.4 Å². The summed E-state index contributed by atoms with van der Waals surface area (Å²) in [6.07, 6.45) is 3.71. The van der Waals surface area contributed by atoms with E-state index < -0.39 is 10.0 Å². The number of thioether (sulfide) groups is 1. The van der Waals surface area contributed by atoms with Crippen LogP contribution in [0.1, 0.15) is 6.42 Å². The van der Waals surface area contributed by atoms with Crippen LogP contribution in [0.3, 0.4) is 0 Å². The van der Waals surface area contributed by atoms with Gasteiger partial charge in [0.25, 0.3) is 0 Å². The molecule has 0 aliphatic carbocycles. The molecule has 0 radical (unpaired) electrons. The number of nitrogens with zero attached hydrogens (tertiary/aromatic N) is 3. The van der Waals surface area contributed by atoms with Crippen LogP contribution in [-0.4, -0.2) is 78.9 Å². The first kappa shape index (κ1) is 17.7. The molecule has 2 saturated heterocycles. The maximum atomic E-state index is 12.5. The topological polar surface area (TPSA) is 79.8 Å². The van der Waals surface area contributed by atoms with E-state index in [-0.39, 0.29) is 28.3 Å². The maximum absolute atomic E-state index is 12.5. The van der Waals surface area contributed by atoms with Crippen molar-refractivity contribution >= 4 is 27.7 Å². The summed E-state index contributed by atoms with van der Waals surface area (Å²) in [6, 6.07) is 3.19. The van der Waals surface area contributed by atoms with E-state index in [1.165, 1.54) is 15.4 Å². The summed E-state index contributed by atoms with van der Waals surface area (Å²) >= 11 is 1.74. The molecule has 2 aliphatic rings. The Morgan fingerprint density at radius 1 is 1.50 bits per heavy atom. The minimum atomic E-state index is -3.46. The molecule has 1 aromatic rings. The second kappa shape index (κ2) is 6.62. The predicted octanol–water partition coefficient (Wildman–Crippen LogP) is 0.435. The Morgan fingerprint density at radius 2 is 2.25 bits per heavy atom. The number of hydrogen-bond acceptors (Lipinski definition) is 6. The third-order valence-electron chi connectivity index (χ3n) is 4.32. The number of hydrogen-bond donors (Lipinski definition) is 0. The lowest BCUT2D eigenvalue weighted by molar-refractivity contribution is -0.135. The number of pyridine rings is 1. The predicted molar refractivity (Wildman–Crippen MR) is 91.2 cm³/mol. The Labute approximate surface area is 146 Å². The molecule has 2 fully saturated rings. The van der Waals surface area contributed by atoms with Gasteiger partial charge in [0.2, 0.25) is 15.9 Å². The molecule has 1 atom stereocenters. The number of aromatic nitrogens is 1. The minimum absolute atomic E-state index is 0.00199. The Bertz CT molecular complexity index is 703. The van der Waals surface area contributed by atoms with Crippen molar-refractivity contribution < 1.29 is 17.9 Å². The first-order valence-corrected chi connectivity index (χ1v) is 10.1. The number of amides is 1. The Kier molecular flexibility index (Phi) is 4.87. The average molecular weight is 371 g/mol. The van der Waals surface area contributed by atoms with Gasteiger partial charge in [0, 0.05) is 50.1 Å². The smallest absolute Gasteiger partial charge is 0.248 e. The highest BCUT2D eigenvalue weighted by Gasteiger charge is 2.53. The average Bonchev–Trinajstić information content (AvgIpc) is 2.96. The van der Waals surface area contributed by atoms with Crippen molar-refractivity contribution in [2.75, 3.05) is 39.5 Å². The third-order valence-corrected chi connectivity index (χ3v) is 7.67. The lowest BCUT2D eigenvalue weighted by atomic mass is 9.95. The summed E-state index contributed by atoms with van der Waals surface area (Å²) in [6.45, 7) is 1.04. The van der Waals surface area contributed by atoms with Crippen LogP contribution in [0.25, 0.3) is 0 Å². The van der Waals surface area contributed by atoms with Crippen molar-refractivity contribution in [2.45, 2.75) is 22.2 Å². The molecule has 0 aromatic carbocycles. The zero-order valence-corrected chi connectivity index (χ0v) is 15.3. The molecule has 1 amide bonds. The monoisotopic (exact) mass is 371 g/mol. The van der Waals surface area contributed by atoms with E-state index in [0.29, 0.717) is 13.1 Å². The molecule has 7 nitrogen and oxygen atoms in total. The van der Waals surface area contributed by atoms with Gasteiger partial charge < -0.3 is 9.64 Å². The second-order valence-electron chi connectivity index (χ2n) is 6.38. The summed E-state index contributed by atoms with van der Waals surface area (Å²) in [5.41, 5.74) is 0. The fraction of sp³-hybridized carbons (Fsp3) is 0.600.